The molecule has 37 heavy (non-hydrogen) atoms. The Bertz CT molecular complexity index is 1590. The molecule has 1 fully saturated rings. The highest BCUT2D eigenvalue weighted by Crippen LogP contribution is 2.46. The number of aryl methyl sites for hydroxylation is 1. The van der Waals surface area contributed by atoms with E-state index in [4.69, 9.17) is 4.74 Å². The van der Waals surface area contributed by atoms with Crippen LogP contribution in [0.2, 0.25) is 0 Å². The van der Waals surface area contributed by atoms with Gasteiger partial charge in [-0.3, -0.25) is 14.5 Å². The highest BCUT2D eigenvalue weighted by Gasteiger charge is 2.49. The van der Waals surface area contributed by atoms with E-state index in [1.54, 1.807) is 43.7 Å². The van der Waals surface area contributed by atoms with Crippen molar-refractivity contribution in [1.82, 2.24) is 4.98 Å². The van der Waals surface area contributed by atoms with E-state index in [9.17, 15) is 23.5 Å². The number of methoxy groups -OCH3 is 1. The third-order valence-electron chi connectivity index (χ3n) is 6.32. The SMILES string of the molecule is COc1cc(C)c(/C(O)=C2\C(=O)C(=O)N(c3nc4c(F)cc(F)cc4s3)C2c2cccs2)cc1C(C)C. The average Bonchev–Trinajstić information content (AvgIpc) is 3.57. The molecule has 0 radical (unpaired) electrons. The number of ketones is 1. The van der Waals surface area contributed by atoms with Gasteiger partial charge < -0.3 is 9.84 Å². The van der Waals surface area contributed by atoms with Crippen molar-refractivity contribution in [3.63, 3.8) is 0 Å². The summed E-state index contributed by atoms with van der Waals surface area (Å²) in [4.78, 5) is 32.8. The van der Waals surface area contributed by atoms with Gasteiger partial charge in [-0.05, 0) is 53.6 Å². The Labute approximate surface area is 219 Å². The van der Waals surface area contributed by atoms with Gasteiger partial charge in [0.15, 0.2) is 10.9 Å². The maximum absolute atomic E-state index is 14.4. The fraction of sp³-hybridized carbons (Fsp3) is 0.222. The topological polar surface area (TPSA) is 79.7 Å². The summed E-state index contributed by atoms with van der Waals surface area (Å²) in [5.41, 5.74) is 1.70. The zero-order valence-corrected chi connectivity index (χ0v) is 22.0. The van der Waals surface area contributed by atoms with Gasteiger partial charge in [0.2, 0.25) is 0 Å². The van der Waals surface area contributed by atoms with Crippen LogP contribution in [-0.2, 0) is 9.59 Å². The van der Waals surface area contributed by atoms with Crippen LogP contribution < -0.4 is 9.64 Å². The molecule has 1 saturated heterocycles. The Morgan fingerprint density at radius 2 is 1.95 bits per heavy atom. The predicted octanol–water partition coefficient (Wildman–Crippen LogP) is 6.70. The van der Waals surface area contributed by atoms with Crippen LogP contribution in [0.5, 0.6) is 5.75 Å². The van der Waals surface area contributed by atoms with E-state index in [-0.39, 0.29) is 32.6 Å². The summed E-state index contributed by atoms with van der Waals surface area (Å²) < 4.78 is 33.9. The number of hydrogen-bond donors (Lipinski definition) is 1. The molecule has 0 spiro atoms. The first-order valence-corrected chi connectivity index (χ1v) is 13.1. The van der Waals surface area contributed by atoms with E-state index in [0.29, 0.717) is 21.8 Å². The van der Waals surface area contributed by atoms with E-state index < -0.39 is 29.4 Å². The van der Waals surface area contributed by atoms with Gasteiger partial charge in [0.25, 0.3) is 5.78 Å². The van der Waals surface area contributed by atoms with Crippen molar-refractivity contribution in [3.05, 3.63) is 80.6 Å². The van der Waals surface area contributed by atoms with Crippen LogP contribution in [0.25, 0.3) is 16.0 Å². The zero-order chi connectivity index (χ0) is 26.6. The number of aliphatic hydroxyl groups is 1. The summed E-state index contributed by atoms with van der Waals surface area (Å²) in [6.45, 7) is 5.75. The van der Waals surface area contributed by atoms with Crippen LogP contribution in [0.4, 0.5) is 13.9 Å². The molecule has 2 aromatic carbocycles. The minimum absolute atomic E-state index is 0.0355. The minimum Gasteiger partial charge on any atom is -0.507 e. The number of benzene rings is 2. The normalized spacial score (nSPS) is 17.4. The van der Waals surface area contributed by atoms with Crippen LogP contribution >= 0.6 is 22.7 Å². The largest absolute Gasteiger partial charge is 0.507 e. The lowest BCUT2D eigenvalue weighted by atomic mass is 9.92. The Balaban J connectivity index is 1.74. The molecular weight excluding hydrogens is 518 g/mol. The van der Waals surface area contributed by atoms with E-state index in [1.165, 1.54) is 11.3 Å². The maximum atomic E-state index is 14.4. The number of thiazole rings is 1. The van der Waals surface area contributed by atoms with Crippen molar-refractivity contribution in [3.8, 4) is 5.75 Å². The fourth-order valence-electron chi connectivity index (χ4n) is 4.52. The van der Waals surface area contributed by atoms with E-state index >= 15 is 0 Å². The molecule has 10 heteroatoms. The summed E-state index contributed by atoms with van der Waals surface area (Å²) in [7, 11) is 1.56. The van der Waals surface area contributed by atoms with Crippen LogP contribution in [0.3, 0.4) is 0 Å². The number of amides is 1. The standard InChI is InChI=1S/C27H22F2N2O4S2/c1-12(2)15-11-16(13(3)8-18(15)35-4)24(32)21-23(19-6-5-7-36-19)31(26(34)25(21)33)27-30-22-17(29)9-14(28)10-20(22)37-27/h5-12,23,32H,1-4H3/b24-21+. The number of halogens is 2. The lowest BCUT2D eigenvalue weighted by molar-refractivity contribution is -0.132. The van der Waals surface area contributed by atoms with Crippen LogP contribution in [0.15, 0.2) is 47.4 Å². The molecule has 1 unspecified atom stereocenters. The molecule has 1 amide bonds. The summed E-state index contributed by atoms with van der Waals surface area (Å²) in [6.07, 6.45) is 0. The van der Waals surface area contributed by atoms with Crippen LogP contribution in [-0.4, -0.2) is 28.9 Å². The molecule has 1 atom stereocenters. The van der Waals surface area contributed by atoms with Crippen molar-refractivity contribution < 1.29 is 28.2 Å². The first-order valence-electron chi connectivity index (χ1n) is 11.4. The summed E-state index contributed by atoms with van der Waals surface area (Å²) in [5, 5.41) is 13.4. The maximum Gasteiger partial charge on any atom is 0.301 e. The van der Waals surface area contributed by atoms with Gasteiger partial charge in [-0.25, -0.2) is 13.8 Å². The highest BCUT2D eigenvalue weighted by atomic mass is 32.1. The molecule has 3 heterocycles. The van der Waals surface area contributed by atoms with Gasteiger partial charge in [-0.1, -0.05) is 31.3 Å². The number of anilines is 1. The number of aromatic nitrogens is 1. The fourth-order valence-corrected chi connectivity index (χ4v) is 6.38. The number of Topliss-reactive ketones (excluding diaryl/α,β-unsaturated/α-hetero) is 1. The number of hydrogen-bond acceptors (Lipinski definition) is 7. The van der Waals surface area contributed by atoms with Crippen molar-refractivity contribution in [2.45, 2.75) is 32.7 Å². The molecule has 0 bridgehead atoms. The Hall–Kier alpha value is -3.63. The van der Waals surface area contributed by atoms with E-state index in [1.807, 2.05) is 13.8 Å². The third-order valence-corrected chi connectivity index (χ3v) is 8.25. The lowest BCUT2D eigenvalue weighted by Crippen LogP contribution is -2.28. The molecule has 0 aliphatic carbocycles. The van der Waals surface area contributed by atoms with Gasteiger partial charge in [0, 0.05) is 16.5 Å². The Kier molecular flexibility index (Phi) is 6.33. The minimum atomic E-state index is -0.988. The third kappa shape index (κ3) is 4.10. The molecule has 190 valence electrons. The zero-order valence-electron chi connectivity index (χ0n) is 20.3. The van der Waals surface area contributed by atoms with Crippen molar-refractivity contribution in [1.29, 1.82) is 0 Å². The monoisotopic (exact) mass is 540 g/mol. The number of ether oxygens (including phenoxy) is 1. The number of thiophene rings is 1. The van der Waals surface area contributed by atoms with E-state index in [0.717, 1.165) is 33.9 Å². The molecule has 6 nitrogen and oxygen atoms in total. The molecule has 1 aliphatic heterocycles. The number of rotatable bonds is 5. The van der Waals surface area contributed by atoms with Gasteiger partial charge in [-0.2, -0.15) is 0 Å². The average molecular weight is 541 g/mol. The molecule has 0 saturated carbocycles. The molecule has 1 aliphatic rings. The molecule has 4 aromatic rings. The number of nitrogens with zero attached hydrogens (tertiary/aromatic N) is 2. The van der Waals surface area contributed by atoms with Crippen molar-refractivity contribution in [2.75, 3.05) is 12.0 Å². The second-order valence-electron chi connectivity index (χ2n) is 8.98. The number of carbonyl (C=O) groups excluding carboxylic acids is 2. The Morgan fingerprint density at radius 1 is 1.19 bits per heavy atom. The van der Waals surface area contributed by atoms with Crippen LogP contribution in [0, 0.1) is 18.6 Å². The molecule has 2 aromatic heterocycles. The smallest absolute Gasteiger partial charge is 0.301 e. The molecular formula is C27H22F2N2O4S2. The van der Waals surface area contributed by atoms with Gasteiger partial charge in [-0.15, -0.1) is 11.3 Å². The van der Waals surface area contributed by atoms with Gasteiger partial charge in [0.05, 0.1) is 17.4 Å². The summed E-state index contributed by atoms with van der Waals surface area (Å²) in [5.74, 6) is -3.03. The van der Waals surface area contributed by atoms with E-state index in [2.05, 4.69) is 4.98 Å². The number of fused-ring (bicyclic) bond motifs is 1. The Morgan fingerprint density at radius 3 is 2.59 bits per heavy atom. The number of carbonyl (C=O) groups is 2. The van der Waals surface area contributed by atoms with Gasteiger partial charge in [0.1, 0.15) is 28.9 Å². The summed E-state index contributed by atoms with van der Waals surface area (Å²) in [6, 6.07) is 7.92. The summed E-state index contributed by atoms with van der Waals surface area (Å²) >= 11 is 2.20. The first-order chi connectivity index (χ1) is 17.6. The lowest BCUT2D eigenvalue weighted by Gasteiger charge is -2.22. The van der Waals surface area contributed by atoms with Gasteiger partial charge >= 0.3 is 5.91 Å². The van der Waals surface area contributed by atoms with Crippen molar-refractivity contribution in [2.24, 2.45) is 0 Å². The first kappa shape index (κ1) is 25.0. The molecule has 5 rings (SSSR count). The highest BCUT2D eigenvalue weighted by molar-refractivity contribution is 7.22. The second kappa shape index (κ2) is 9.35. The van der Waals surface area contributed by atoms with Crippen LogP contribution in [0.1, 0.15) is 47.4 Å². The molecule has 1 N–H and O–H groups in total. The second-order valence-corrected chi connectivity index (χ2v) is 11.0. The predicted molar refractivity (Wildman–Crippen MR) is 140 cm³/mol. The quantitative estimate of drug-likeness (QED) is 0.173. The van der Waals surface area contributed by atoms with Crippen molar-refractivity contribution >= 4 is 55.5 Å². The number of aliphatic hydroxyl groups excluding tert-OH is 1.